The lowest BCUT2D eigenvalue weighted by atomic mass is 9.90. The molecule has 0 saturated carbocycles. The molecule has 2 atom stereocenters. The molecule has 0 amide bonds. The van der Waals surface area contributed by atoms with Crippen LogP contribution in [0.4, 0.5) is 0 Å². The van der Waals surface area contributed by atoms with E-state index in [1.807, 2.05) is 30.3 Å². The van der Waals surface area contributed by atoms with Crippen molar-refractivity contribution < 1.29 is 9.00 Å². The van der Waals surface area contributed by atoms with Gasteiger partial charge in [-0.3, -0.25) is 9.00 Å². The Morgan fingerprint density at radius 3 is 2.24 bits per heavy atom. The SMILES string of the molecule is O=C(c1ccccc1)C1CC2CCC(C1)S2=O. The summed E-state index contributed by atoms with van der Waals surface area (Å²) in [6.07, 6.45) is 3.76. The largest absolute Gasteiger partial charge is 0.294 e. The predicted molar refractivity (Wildman–Crippen MR) is 68.4 cm³/mol. The van der Waals surface area contributed by atoms with E-state index in [9.17, 15) is 9.00 Å². The predicted octanol–water partition coefficient (Wildman–Crippen LogP) is 2.56. The van der Waals surface area contributed by atoms with Crippen molar-refractivity contribution in [3.05, 3.63) is 35.9 Å². The Morgan fingerprint density at radius 2 is 1.65 bits per heavy atom. The van der Waals surface area contributed by atoms with E-state index in [0.717, 1.165) is 31.2 Å². The van der Waals surface area contributed by atoms with Gasteiger partial charge >= 0.3 is 0 Å². The molecule has 2 saturated heterocycles. The first-order valence-corrected chi connectivity index (χ1v) is 7.52. The molecule has 2 heterocycles. The van der Waals surface area contributed by atoms with E-state index < -0.39 is 10.8 Å². The van der Waals surface area contributed by atoms with E-state index in [0.29, 0.717) is 0 Å². The first kappa shape index (κ1) is 11.1. The first-order valence-electron chi connectivity index (χ1n) is 6.24. The molecule has 2 aliphatic heterocycles. The Balaban J connectivity index is 1.79. The van der Waals surface area contributed by atoms with E-state index in [1.165, 1.54) is 0 Å². The smallest absolute Gasteiger partial charge is 0.166 e. The summed E-state index contributed by atoms with van der Waals surface area (Å²) in [5.74, 6) is 0.354. The lowest BCUT2D eigenvalue weighted by molar-refractivity contribution is 0.0906. The van der Waals surface area contributed by atoms with Gasteiger partial charge in [0.05, 0.1) is 0 Å². The molecule has 2 nitrogen and oxygen atoms in total. The van der Waals surface area contributed by atoms with Crippen LogP contribution in [-0.2, 0) is 10.8 Å². The molecule has 3 heteroatoms. The minimum atomic E-state index is -0.664. The molecule has 2 fully saturated rings. The third-order valence-electron chi connectivity index (χ3n) is 3.99. The average Bonchev–Trinajstić information content (AvgIpc) is 2.61. The van der Waals surface area contributed by atoms with Crippen LogP contribution in [0.5, 0.6) is 0 Å². The van der Waals surface area contributed by atoms with Crippen molar-refractivity contribution in [3.63, 3.8) is 0 Å². The highest BCUT2D eigenvalue weighted by Crippen LogP contribution is 2.39. The fourth-order valence-corrected chi connectivity index (χ4v) is 5.21. The van der Waals surface area contributed by atoms with Gasteiger partial charge in [-0.05, 0) is 25.7 Å². The van der Waals surface area contributed by atoms with Gasteiger partial charge < -0.3 is 0 Å². The Kier molecular flexibility index (Phi) is 2.87. The zero-order valence-electron chi connectivity index (χ0n) is 9.67. The number of fused-ring (bicyclic) bond motifs is 2. The van der Waals surface area contributed by atoms with E-state index in [1.54, 1.807) is 0 Å². The number of hydrogen-bond acceptors (Lipinski definition) is 2. The van der Waals surface area contributed by atoms with Gasteiger partial charge in [0.1, 0.15) is 0 Å². The third kappa shape index (κ3) is 1.97. The molecule has 1 aromatic carbocycles. The van der Waals surface area contributed by atoms with Gasteiger partial charge in [-0.2, -0.15) is 0 Å². The fourth-order valence-electron chi connectivity index (χ4n) is 3.08. The van der Waals surface area contributed by atoms with Crippen LogP contribution >= 0.6 is 0 Å². The van der Waals surface area contributed by atoms with Crippen molar-refractivity contribution in [1.82, 2.24) is 0 Å². The van der Waals surface area contributed by atoms with Crippen LogP contribution < -0.4 is 0 Å². The van der Waals surface area contributed by atoms with Gasteiger partial charge in [0.15, 0.2) is 5.78 Å². The van der Waals surface area contributed by atoms with Crippen molar-refractivity contribution in [3.8, 4) is 0 Å². The number of Topliss-reactive ketones (excluding diaryl/α,β-unsaturated/α-hetero) is 1. The summed E-state index contributed by atoms with van der Waals surface area (Å²) in [5, 5.41) is 0.567. The van der Waals surface area contributed by atoms with Crippen molar-refractivity contribution in [1.29, 1.82) is 0 Å². The summed E-state index contributed by atoms with van der Waals surface area (Å²) in [6, 6.07) is 9.51. The molecule has 0 N–H and O–H groups in total. The number of carbonyl (C=O) groups is 1. The molecule has 17 heavy (non-hydrogen) atoms. The summed E-state index contributed by atoms with van der Waals surface area (Å²) < 4.78 is 11.9. The van der Waals surface area contributed by atoms with Crippen molar-refractivity contribution in [2.24, 2.45) is 5.92 Å². The maximum Gasteiger partial charge on any atom is 0.166 e. The quantitative estimate of drug-likeness (QED) is 0.754. The number of carbonyl (C=O) groups excluding carboxylic acids is 1. The molecular formula is C14H16O2S. The van der Waals surface area contributed by atoms with E-state index in [-0.39, 0.29) is 22.2 Å². The van der Waals surface area contributed by atoms with Crippen LogP contribution in [0.15, 0.2) is 30.3 Å². The van der Waals surface area contributed by atoms with Crippen LogP contribution in [-0.4, -0.2) is 20.5 Å². The molecule has 0 spiro atoms. The highest BCUT2D eigenvalue weighted by molar-refractivity contribution is 7.86. The summed E-state index contributed by atoms with van der Waals surface area (Å²) in [6.45, 7) is 0. The zero-order chi connectivity index (χ0) is 11.8. The molecule has 3 rings (SSSR count). The fraction of sp³-hybridized carbons (Fsp3) is 0.500. The van der Waals surface area contributed by atoms with E-state index in [2.05, 4.69) is 0 Å². The molecule has 90 valence electrons. The second-order valence-corrected chi connectivity index (χ2v) is 7.04. The topological polar surface area (TPSA) is 34.1 Å². The Bertz CT molecular complexity index is 439. The van der Waals surface area contributed by atoms with Gasteiger partial charge in [0.2, 0.25) is 0 Å². The minimum absolute atomic E-state index is 0.104. The van der Waals surface area contributed by atoms with Crippen LogP contribution in [0.3, 0.4) is 0 Å². The molecule has 2 bridgehead atoms. The molecule has 0 radical (unpaired) electrons. The van der Waals surface area contributed by atoms with Crippen LogP contribution in [0, 0.1) is 5.92 Å². The van der Waals surface area contributed by atoms with Crippen LogP contribution in [0.1, 0.15) is 36.0 Å². The summed E-state index contributed by atoms with van der Waals surface area (Å²) in [4.78, 5) is 12.3. The molecular weight excluding hydrogens is 232 g/mol. The monoisotopic (exact) mass is 248 g/mol. The molecule has 1 aromatic rings. The van der Waals surface area contributed by atoms with Gasteiger partial charge in [0.25, 0.3) is 0 Å². The third-order valence-corrected chi connectivity index (χ3v) is 6.16. The Hall–Kier alpha value is -0.960. The standard InChI is InChI=1S/C14H16O2S/c15-14(10-4-2-1-3-5-10)11-8-12-6-7-13(9-11)17(12)16/h1-5,11-13H,6-9H2. The van der Waals surface area contributed by atoms with E-state index in [4.69, 9.17) is 0 Å². The summed E-state index contributed by atoms with van der Waals surface area (Å²) in [5.41, 5.74) is 0.810. The molecule has 0 aliphatic carbocycles. The lowest BCUT2D eigenvalue weighted by Crippen LogP contribution is -2.32. The first-order chi connectivity index (χ1) is 8.25. The van der Waals surface area contributed by atoms with Crippen molar-refractivity contribution in [2.75, 3.05) is 0 Å². The number of ketones is 1. The van der Waals surface area contributed by atoms with Gasteiger partial charge in [-0.1, -0.05) is 30.3 Å². The molecule has 2 unspecified atom stereocenters. The highest BCUT2D eigenvalue weighted by Gasteiger charge is 2.42. The normalized spacial score (nSPS) is 35.8. The second kappa shape index (κ2) is 4.37. The minimum Gasteiger partial charge on any atom is -0.294 e. The van der Waals surface area contributed by atoms with Gasteiger partial charge in [-0.15, -0.1) is 0 Å². The lowest BCUT2D eigenvalue weighted by Gasteiger charge is -2.26. The summed E-state index contributed by atoms with van der Waals surface area (Å²) >= 11 is 0. The maximum atomic E-state index is 12.3. The van der Waals surface area contributed by atoms with Gasteiger partial charge in [-0.25, -0.2) is 0 Å². The average molecular weight is 248 g/mol. The number of benzene rings is 1. The number of hydrogen-bond donors (Lipinski definition) is 0. The second-order valence-electron chi connectivity index (χ2n) is 5.05. The highest BCUT2D eigenvalue weighted by atomic mass is 32.2. The maximum absolute atomic E-state index is 12.3. The Morgan fingerprint density at radius 1 is 1.06 bits per heavy atom. The zero-order valence-corrected chi connectivity index (χ0v) is 10.5. The summed E-state index contributed by atoms with van der Waals surface area (Å²) in [7, 11) is -0.664. The van der Waals surface area contributed by atoms with Crippen molar-refractivity contribution >= 4 is 16.6 Å². The van der Waals surface area contributed by atoms with Crippen molar-refractivity contribution in [2.45, 2.75) is 36.2 Å². The molecule has 0 aromatic heterocycles. The number of rotatable bonds is 2. The van der Waals surface area contributed by atoms with Crippen LogP contribution in [0.2, 0.25) is 0 Å². The van der Waals surface area contributed by atoms with Gasteiger partial charge in [0, 0.05) is 32.8 Å². The van der Waals surface area contributed by atoms with Crippen LogP contribution in [0.25, 0.3) is 0 Å². The van der Waals surface area contributed by atoms with E-state index >= 15 is 0 Å². The molecule has 2 aliphatic rings. The Labute approximate surface area is 104 Å².